The van der Waals surface area contributed by atoms with Gasteiger partial charge in [0.1, 0.15) is 6.61 Å². The van der Waals surface area contributed by atoms with E-state index >= 15 is 0 Å². The number of hydrogen-bond donors (Lipinski definition) is 1. The highest BCUT2D eigenvalue weighted by molar-refractivity contribution is 7.09. The van der Waals surface area contributed by atoms with Crippen LogP contribution in [-0.2, 0) is 20.9 Å². The summed E-state index contributed by atoms with van der Waals surface area (Å²) in [6.45, 7) is 0.429. The molecule has 1 fully saturated rings. The molecule has 2 heterocycles. The van der Waals surface area contributed by atoms with Gasteiger partial charge in [0.25, 0.3) is 0 Å². The fourth-order valence-electron chi connectivity index (χ4n) is 1.51. The standard InChI is InChI=1S/C10H11NO4S/c12-9-6-15-8(10(13)14)5-11(9)4-7-2-1-3-16-7/h1-3,8H,4-6H2,(H,13,14). The Kier molecular flexibility index (Phi) is 3.21. The fraction of sp³-hybridized carbons (Fsp3) is 0.400. The molecule has 1 N–H and O–H groups in total. The van der Waals surface area contributed by atoms with Crippen molar-refractivity contribution >= 4 is 23.2 Å². The zero-order valence-corrected chi connectivity index (χ0v) is 9.27. The van der Waals surface area contributed by atoms with E-state index in [-0.39, 0.29) is 19.1 Å². The molecule has 1 amide bonds. The van der Waals surface area contributed by atoms with E-state index in [0.717, 1.165) is 4.88 Å². The number of morpholine rings is 1. The summed E-state index contributed by atoms with van der Waals surface area (Å²) in [7, 11) is 0. The highest BCUT2D eigenvalue weighted by Gasteiger charge is 2.30. The summed E-state index contributed by atoms with van der Waals surface area (Å²) >= 11 is 1.55. The zero-order chi connectivity index (χ0) is 11.5. The number of carbonyl (C=O) groups is 2. The molecule has 16 heavy (non-hydrogen) atoms. The number of nitrogens with zero attached hydrogens (tertiary/aromatic N) is 1. The summed E-state index contributed by atoms with van der Waals surface area (Å²) in [5, 5.41) is 10.7. The molecular formula is C10H11NO4S. The molecule has 0 radical (unpaired) electrons. The van der Waals surface area contributed by atoms with Gasteiger partial charge in [-0.05, 0) is 11.4 Å². The Morgan fingerprint density at radius 3 is 3.12 bits per heavy atom. The predicted molar refractivity (Wildman–Crippen MR) is 57.1 cm³/mol. The summed E-state index contributed by atoms with van der Waals surface area (Å²) < 4.78 is 4.91. The van der Waals surface area contributed by atoms with Crippen LogP contribution in [0.5, 0.6) is 0 Å². The van der Waals surface area contributed by atoms with Gasteiger partial charge in [0.05, 0.1) is 13.1 Å². The van der Waals surface area contributed by atoms with Crippen molar-refractivity contribution in [1.29, 1.82) is 0 Å². The van der Waals surface area contributed by atoms with Crippen molar-refractivity contribution in [2.75, 3.05) is 13.2 Å². The molecule has 86 valence electrons. The van der Waals surface area contributed by atoms with Gasteiger partial charge >= 0.3 is 5.97 Å². The molecule has 6 heteroatoms. The van der Waals surface area contributed by atoms with Crippen molar-refractivity contribution in [1.82, 2.24) is 4.90 Å². The van der Waals surface area contributed by atoms with Gasteiger partial charge in [0, 0.05) is 4.88 Å². The molecule has 1 aliphatic rings. The Balaban J connectivity index is 2.01. The van der Waals surface area contributed by atoms with Crippen molar-refractivity contribution in [3.63, 3.8) is 0 Å². The second-order valence-corrected chi connectivity index (χ2v) is 4.52. The molecule has 0 aromatic carbocycles. The Morgan fingerprint density at radius 1 is 1.69 bits per heavy atom. The van der Waals surface area contributed by atoms with Crippen LogP contribution >= 0.6 is 11.3 Å². The molecular weight excluding hydrogens is 230 g/mol. The number of ether oxygens (including phenoxy) is 1. The minimum Gasteiger partial charge on any atom is -0.479 e. The zero-order valence-electron chi connectivity index (χ0n) is 8.46. The molecule has 1 atom stereocenters. The van der Waals surface area contributed by atoms with Crippen LogP contribution in [0.3, 0.4) is 0 Å². The lowest BCUT2D eigenvalue weighted by atomic mass is 10.2. The van der Waals surface area contributed by atoms with Crippen LogP contribution in [0.25, 0.3) is 0 Å². The summed E-state index contributed by atoms with van der Waals surface area (Å²) in [6.07, 6.45) is -0.905. The maximum absolute atomic E-state index is 11.5. The Labute approximate surface area is 96.2 Å². The van der Waals surface area contributed by atoms with Gasteiger partial charge in [0.2, 0.25) is 5.91 Å². The molecule has 1 unspecified atom stereocenters. The number of amides is 1. The smallest absolute Gasteiger partial charge is 0.334 e. The van der Waals surface area contributed by atoms with Crippen LogP contribution in [-0.4, -0.2) is 41.1 Å². The average molecular weight is 241 g/mol. The minimum atomic E-state index is -1.02. The quantitative estimate of drug-likeness (QED) is 0.839. The van der Waals surface area contributed by atoms with E-state index in [1.54, 1.807) is 11.3 Å². The van der Waals surface area contributed by atoms with Crippen molar-refractivity contribution in [2.24, 2.45) is 0 Å². The minimum absolute atomic E-state index is 0.117. The molecule has 0 saturated carbocycles. The number of thiophene rings is 1. The number of carbonyl (C=O) groups excluding carboxylic acids is 1. The van der Waals surface area contributed by atoms with E-state index in [1.165, 1.54) is 4.90 Å². The van der Waals surface area contributed by atoms with Crippen LogP contribution in [0.1, 0.15) is 4.88 Å². The molecule has 2 rings (SSSR count). The number of carboxylic acids is 1. The van der Waals surface area contributed by atoms with E-state index in [0.29, 0.717) is 6.54 Å². The first-order valence-electron chi connectivity index (χ1n) is 4.81. The van der Waals surface area contributed by atoms with Crippen molar-refractivity contribution < 1.29 is 19.4 Å². The first-order valence-corrected chi connectivity index (χ1v) is 5.69. The molecule has 1 saturated heterocycles. The summed E-state index contributed by atoms with van der Waals surface area (Å²) in [5.41, 5.74) is 0. The third-order valence-electron chi connectivity index (χ3n) is 2.35. The molecule has 1 aliphatic heterocycles. The van der Waals surface area contributed by atoms with Gasteiger partial charge in [-0.1, -0.05) is 6.07 Å². The van der Waals surface area contributed by atoms with E-state index in [9.17, 15) is 9.59 Å². The van der Waals surface area contributed by atoms with E-state index in [4.69, 9.17) is 9.84 Å². The molecule has 0 bridgehead atoms. The number of hydrogen-bond acceptors (Lipinski definition) is 4. The third kappa shape index (κ3) is 2.40. The second-order valence-electron chi connectivity index (χ2n) is 3.49. The second kappa shape index (κ2) is 4.63. The van der Waals surface area contributed by atoms with Crippen LogP contribution in [0.15, 0.2) is 17.5 Å². The maximum atomic E-state index is 11.5. The van der Waals surface area contributed by atoms with E-state index in [2.05, 4.69) is 0 Å². The van der Waals surface area contributed by atoms with Gasteiger partial charge in [-0.15, -0.1) is 11.3 Å². The highest BCUT2D eigenvalue weighted by atomic mass is 32.1. The van der Waals surface area contributed by atoms with Crippen LogP contribution in [0.2, 0.25) is 0 Å². The van der Waals surface area contributed by atoms with Gasteiger partial charge in [-0.25, -0.2) is 4.79 Å². The van der Waals surface area contributed by atoms with Crippen LogP contribution < -0.4 is 0 Å². The first-order chi connectivity index (χ1) is 7.66. The Hall–Kier alpha value is -1.40. The van der Waals surface area contributed by atoms with Crippen molar-refractivity contribution in [2.45, 2.75) is 12.6 Å². The van der Waals surface area contributed by atoms with Crippen LogP contribution in [0, 0.1) is 0 Å². The summed E-state index contributed by atoms with van der Waals surface area (Å²) in [4.78, 5) is 24.8. The molecule has 5 nitrogen and oxygen atoms in total. The topological polar surface area (TPSA) is 66.8 Å². The van der Waals surface area contributed by atoms with Gasteiger partial charge < -0.3 is 14.7 Å². The predicted octanol–water partition coefficient (Wildman–Crippen LogP) is 0.560. The lowest BCUT2D eigenvalue weighted by molar-refractivity contribution is -0.165. The number of rotatable bonds is 3. The number of carboxylic acid groups (broad SMARTS) is 1. The normalized spacial score (nSPS) is 21.1. The van der Waals surface area contributed by atoms with E-state index < -0.39 is 12.1 Å². The van der Waals surface area contributed by atoms with E-state index in [1.807, 2.05) is 17.5 Å². The first kappa shape index (κ1) is 11.1. The monoisotopic (exact) mass is 241 g/mol. The Bertz CT molecular complexity index is 390. The molecule has 0 aliphatic carbocycles. The Morgan fingerprint density at radius 2 is 2.50 bits per heavy atom. The van der Waals surface area contributed by atoms with Crippen LogP contribution in [0.4, 0.5) is 0 Å². The SMILES string of the molecule is O=C(O)C1CN(Cc2cccs2)C(=O)CO1. The highest BCUT2D eigenvalue weighted by Crippen LogP contribution is 2.15. The van der Waals surface area contributed by atoms with Gasteiger partial charge in [0.15, 0.2) is 6.10 Å². The third-order valence-corrected chi connectivity index (χ3v) is 3.21. The van der Waals surface area contributed by atoms with Gasteiger partial charge in [-0.3, -0.25) is 4.79 Å². The van der Waals surface area contributed by atoms with Crippen molar-refractivity contribution in [3.8, 4) is 0 Å². The lowest BCUT2D eigenvalue weighted by Gasteiger charge is -2.30. The average Bonchev–Trinajstić information content (AvgIpc) is 2.73. The summed E-state index contributed by atoms with van der Waals surface area (Å²) in [6, 6.07) is 3.82. The fourth-order valence-corrected chi connectivity index (χ4v) is 2.23. The molecule has 1 aromatic rings. The maximum Gasteiger partial charge on any atom is 0.334 e. The van der Waals surface area contributed by atoms with Gasteiger partial charge in [-0.2, -0.15) is 0 Å². The summed E-state index contributed by atoms with van der Waals surface area (Å²) in [5.74, 6) is -1.19. The number of aliphatic carboxylic acids is 1. The lowest BCUT2D eigenvalue weighted by Crippen LogP contribution is -2.48. The van der Waals surface area contributed by atoms with Crippen molar-refractivity contribution in [3.05, 3.63) is 22.4 Å². The largest absolute Gasteiger partial charge is 0.479 e. The molecule has 1 aromatic heterocycles. The molecule has 0 spiro atoms.